The standard InChI is InChI=1S/C16H16F3N3O4S2/c1-3-26-14(23)7-12-9-27-15(21-12)22-20-8-10-6-11(16(17,18)19)4-5-13(10)28(2,24)25/h4-6,8-9H,3,7H2,1-2H3,(H,21,22). The van der Waals surface area contributed by atoms with E-state index >= 15 is 0 Å². The number of anilines is 1. The third kappa shape index (κ3) is 6.02. The van der Waals surface area contributed by atoms with Crippen molar-refractivity contribution in [3.63, 3.8) is 0 Å². The third-order valence-electron chi connectivity index (χ3n) is 3.28. The highest BCUT2D eigenvalue weighted by Crippen LogP contribution is 2.31. The van der Waals surface area contributed by atoms with Gasteiger partial charge >= 0.3 is 12.1 Å². The summed E-state index contributed by atoms with van der Waals surface area (Å²) in [5, 5.41) is 5.64. The fourth-order valence-corrected chi connectivity index (χ4v) is 3.63. The number of nitrogens with one attached hydrogen (secondary N) is 1. The molecule has 0 aliphatic rings. The van der Waals surface area contributed by atoms with Gasteiger partial charge in [-0.15, -0.1) is 11.3 Å². The Kier molecular flexibility index (Phi) is 6.77. The highest BCUT2D eigenvalue weighted by atomic mass is 32.2. The van der Waals surface area contributed by atoms with Gasteiger partial charge in [-0.3, -0.25) is 10.2 Å². The van der Waals surface area contributed by atoms with Gasteiger partial charge < -0.3 is 4.74 Å². The second-order valence-electron chi connectivity index (χ2n) is 5.52. The number of aromatic nitrogens is 1. The summed E-state index contributed by atoms with van der Waals surface area (Å²) >= 11 is 1.12. The quantitative estimate of drug-likeness (QED) is 0.408. The van der Waals surface area contributed by atoms with Crippen LogP contribution < -0.4 is 5.43 Å². The molecular weight excluding hydrogens is 419 g/mol. The van der Waals surface area contributed by atoms with Crippen LogP contribution >= 0.6 is 11.3 Å². The van der Waals surface area contributed by atoms with E-state index in [1.54, 1.807) is 12.3 Å². The van der Waals surface area contributed by atoms with E-state index in [2.05, 4.69) is 15.5 Å². The van der Waals surface area contributed by atoms with E-state index in [9.17, 15) is 26.4 Å². The summed E-state index contributed by atoms with van der Waals surface area (Å²) in [5.41, 5.74) is 1.74. The molecule has 12 heteroatoms. The summed E-state index contributed by atoms with van der Waals surface area (Å²) < 4.78 is 67.1. The van der Waals surface area contributed by atoms with E-state index in [4.69, 9.17) is 4.74 Å². The monoisotopic (exact) mass is 435 g/mol. The number of rotatable bonds is 7. The minimum absolute atomic E-state index is 0.0262. The van der Waals surface area contributed by atoms with Crippen LogP contribution in [0.1, 0.15) is 23.7 Å². The molecule has 1 N–H and O–H groups in total. The Bertz CT molecular complexity index is 985. The lowest BCUT2D eigenvalue weighted by atomic mass is 10.1. The van der Waals surface area contributed by atoms with Crippen LogP contribution in [0.5, 0.6) is 0 Å². The first kappa shape index (κ1) is 21.8. The Morgan fingerprint density at radius 1 is 1.39 bits per heavy atom. The number of hydrazone groups is 1. The van der Waals surface area contributed by atoms with Crippen LogP contribution in [0.4, 0.5) is 18.3 Å². The summed E-state index contributed by atoms with van der Waals surface area (Å²) in [6, 6.07) is 2.29. The highest BCUT2D eigenvalue weighted by Gasteiger charge is 2.31. The molecule has 28 heavy (non-hydrogen) atoms. The molecule has 2 aromatic rings. The number of hydrogen-bond acceptors (Lipinski definition) is 8. The van der Waals surface area contributed by atoms with Crippen molar-refractivity contribution in [1.29, 1.82) is 0 Å². The van der Waals surface area contributed by atoms with Crippen LogP contribution in [0, 0.1) is 0 Å². The molecular formula is C16H16F3N3O4S2. The Morgan fingerprint density at radius 2 is 2.11 bits per heavy atom. The predicted molar refractivity (Wildman–Crippen MR) is 98.2 cm³/mol. The summed E-state index contributed by atoms with van der Waals surface area (Å²) in [5.74, 6) is -0.440. The van der Waals surface area contributed by atoms with Gasteiger partial charge in [-0.05, 0) is 25.1 Å². The van der Waals surface area contributed by atoms with Crippen molar-refractivity contribution in [2.24, 2.45) is 5.10 Å². The Balaban J connectivity index is 2.19. The number of sulfone groups is 1. The van der Waals surface area contributed by atoms with Crippen LogP contribution in [-0.2, 0) is 32.0 Å². The SMILES string of the molecule is CCOC(=O)Cc1csc(NN=Cc2cc(C(F)(F)F)ccc2S(C)(=O)=O)n1. The lowest BCUT2D eigenvalue weighted by Gasteiger charge is -2.10. The zero-order valence-corrected chi connectivity index (χ0v) is 16.4. The number of alkyl halides is 3. The molecule has 0 aliphatic heterocycles. The van der Waals surface area contributed by atoms with Gasteiger partial charge in [0.25, 0.3) is 0 Å². The smallest absolute Gasteiger partial charge is 0.416 e. The van der Waals surface area contributed by atoms with Crippen molar-refractivity contribution >= 4 is 38.5 Å². The van der Waals surface area contributed by atoms with Crippen LogP contribution in [0.15, 0.2) is 33.6 Å². The van der Waals surface area contributed by atoms with Crippen molar-refractivity contribution < 1.29 is 31.1 Å². The maximum absolute atomic E-state index is 12.9. The zero-order valence-electron chi connectivity index (χ0n) is 14.8. The molecule has 0 amide bonds. The molecule has 152 valence electrons. The molecule has 0 spiro atoms. The molecule has 0 unspecified atom stereocenters. The first-order valence-electron chi connectivity index (χ1n) is 7.81. The fraction of sp³-hybridized carbons (Fsp3) is 0.312. The fourth-order valence-electron chi connectivity index (χ4n) is 2.12. The molecule has 0 fully saturated rings. The van der Waals surface area contributed by atoms with Crippen molar-refractivity contribution in [3.05, 3.63) is 40.4 Å². The van der Waals surface area contributed by atoms with Crippen molar-refractivity contribution in [1.82, 2.24) is 4.98 Å². The summed E-state index contributed by atoms with van der Waals surface area (Å²) in [4.78, 5) is 15.2. The summed E-state index contributed by atoms with van der Waals surface area (Å²) in [7, 11) is -3.76. The molecule has 0 radical (unpaired) electrons. The largest absolute Gasteiger partial charge is 0.466 e. The lowest BCUT2D eigenvalue weighted by molar-refractivity contribution is -0.142. The molecule has 0 atom stereocenters. The highest BCUT2D eigenvalue weighted by molar-refractivity contribution is 7.90. The van der Waals surface area contributed by atoms with Gasteiger partial charge in [0, 0.05) is 17.2 Å². The molecule has 0 saturated carbocycles. The molecule has 7 nitrogen and oxygen atoms in total. The van der Waals surface area contributed by atoms with Gasteiger partial charge in [0.15, 0.2) is 9.84 Å². The Morgan fingerprint density at radius 3 is 2.71 bits per heavy atom. The average molecular weight is 435 g/mol. The maximum Gasteiger partial charge on any atom is 0.416 e. The van der Waals surface area contributed by atoms with Crippen molar-refractivity contribution in [2.45, 2.75) is 24.4 Å². The first-order chi connectivity index (χ1) is 13.0. The van der Waals surface area contributed by atoms with E-state index in [0.717, 1.165) is 29.9 Å². The van der Waals surface area contributed by atoms with Crippen LogP contribution in [0.2, 0.25) is 0 Å². The number of halogens is 3. The number of esters is 1. The second-order valence-corrected chi connectivity index (χ2v) is 8.36. The van der Waals surface area contributed by atoms with E-state index in [0.29, 0.717) is 17.8 Å². The normalized spacial score (nSPS) is 12.3. The predicted octanol–water partition coefficient (Wildman–Crippen LogP) is 3.12. The molecule has 0 saturated heterocycles. The Labute approximate surface area is 163 Å². The average Bonchev–Trinajstić information content (AvgIpc) is 3.00. The van der Waals surface area contributed by atoms with Crippen LogP contribution in [-0.4, -0.2) is 38.4 Å². The molecule has 0 aliphatic carbocycles. The minimum Gasteiger partial charge on any atom is -0.466 e. The lowest BCUT2D eigenvalue weighted by Crippen LogP contribution is -2.09. The van der Waals surface area contributed by atoms with Gasteiger partial charge in [-0.1, -0.05) is 0 Å². The van der Waals surface area contributed by atoms with E-state index in [1.807, 2.05) is 0 Å². The molecule has 1 aromatic heterocycles. The number of ether oxygens (including phenoxy) is 1. The van der Waals surface area contributed by atoms with Gasteiger partial charge in [0.1, 0.15) is 0 Å². The maximum atomic E-state index is 12.9. The number of thiazole rings is 1. The number of carbonyl (C=O) groups excluding carboxylic acids is 1. The molecule has 1 heterocycles. The van der Waals surface area contributed by atoms with E-state index in [-0.39, 0.29) is 28.6 Å². The minimum atomic E-state index is -4.62. The van der Waals surface area contributed by atoms with Crippen LogP contribution in [0.3, 0.4) is 0 Å². The second kappa shape index (κ2) is 8.69. The third-order valence-corrected chi connectivity index (χ3v) is 5.25. The van der Waals surface area contributed by atoms with E-state index in [1.165, 1.54) is 0 Å². The van der Waals surface area contributed by atoms with Crippen LogP contribution in [0.25, 0.3) is 0 Å². The topological polar surface area (TPSA) is 97.7 Å². The van der Waals surface area contributed by atoms with Crippen molar-refractivity contribution in [2.75, 3.05) is 18.3 Å². The summed E-state index contributed by atoms with van der Waals surface area (Å²) in [6.45, 7) is 1.93. The first-order valence-corrected chi connectivity index (χ1v) is 10.6. The van der Waals surface area contributed by atoms with Crippen molar-refractivity contribution in [3.8, 4) is 0 Å². The van der Waals surface area contributed by atoms with Gasteiger partial charge in [-0.25, -0.2) is 13.4 Å². The zero-order chi connectivity index (χ0) is 20.9. The molecule has 2 rings (SSSR count). The number of hydrogen-bond donors (Lipinski definition) is 1. The molecule has 1 aromatic carbocycles. The Hall–Kier alpha value is -2.47. The summed E-state index contributed by atoms with van der Waals surface area (Å²) in [6.07, 6.45) is -2.79. The van der Waals surface area contributed by atoms with E-state index < -0.39 is 27.5 Å². The van der Waals surface area contributed by atoms with Gasteiger partial charge in [0.2, 0.25) is 5.13 Å². The van der Waals surface area contributed by atoms with Gasteiger partial charge in [0.05, 0.1) is 35.4 Å². The number of carbonyl (C=O) groups is 1. The number of nitrogens with zero attached hydrogens (tertiary/aromatic N) is 2. The van der Waals surface area contributed by atoms with Gasteiger partial charge in [-0.2, -0.15) is 18.3 Å². The molecule has 0 bridgehead atoms. The number of benzene rings is 1.